The van der Waals surface area contributed by atoms with Crippen LogP contribution in [-0.2, 0) is 31.0 Å². The molecule has 7 rings (SSSR count). The van der Waals surface area contributed by atoms with Crippen LogP contribution in [0.5, 0.6) is 5.75 Å². The lowest BCUT2D eigenvalue weighted by atomic mass is 9.58. The lowest BCUT2D eigenvalue weighted by Gasteiger charge is -2.46. The molecule has 4 atom stereocenters. The summed E-state index contributed by atoms with van der Waals surface area (Å²) >= 11 is 0. The largest absolute Gasteiger partial charge is 0.508 e. The molecule has 0 spiro atoms. The van der Waals surface area contributed by atoms with Crippen LogP contribution in [0, 0.1) is 17.8 Å². The Hall–Kier alpha value is -4.96. The maximum absolute atomic E-state index is 14.5. The molecule has 0 bridgehead atoms. The fraction of sp³-hybridized carbons (Fsp3) is 0.348. The molecule has 0 saturated carbocycles. The van der Waals surface area contributed by atoms with Crippen molar-refractivity contribution in [3.05, 3.63) is 137 Å². The van der Waals surface area contributed by atoms with Crippen molar-refractivity contribution >= 4 is 49.4 Å². The topological polar surface area (TPSA) is 96.3 Å². The van der Waals surface area contributed by atoms with Crippen molar-refractivity contribution in [1.29, 1.82) is 0 Å². The Balaban J connectivity index is 1.33. The third-order valence-corrected chi connectivity index (χ3v) is 17.1. The molecule has 2 N–H and O–H groups in total. The summed E-state index contributed by atoms with van der Waals surface area (Å²) in [6, 6.07) is 27.1. The molecule has 15 heteroatoms. The number of aromatic hydroxyl groups is 1. The van der Waals surface area contributed by atoms with Gasteiger partial charge in [0.1, 0.15) is 5.75 Å². The number of phenolic OH excluding ortho intramolecular Hbond substituents is 1. The van der Waals surface area contributed by atoms with Gasteiger partial charge in [-0.2, -0.15) is 26.3 Å². The number of nitrogens with zero attached hydrogens (tertiary/aromatic N) is 1. The van der Waals surface area contributed by atoms with E-state index in [9.17, 15) is 46.1 Å². The summed E-state index contributed by atoms with van der Waals surface area (Å²) in [7, 11) is -4.60. The predicted octanol–water partition coefficient (Wildman–Crippen LogP) is 9.19. The fourth-order valence-electron chi connectivity index (χ4n) is 9.46. The van der Waals surface area contributed by atoms with Crippen LogP contribution in [0.3, 0.4) is 0 Å². The van der Waals surface area contributed by atoms with Gasteiger partial charge in [-0.3, -0.25) is 9.59 Å². The van der Waals surface area contributed by atoms with E-state index in [0.717, 1.165) is 21.5 Å². The number of halogens is 6. The van der Waals surface area contributed by atoms with Gasteiger partial charge in [0, 0.05) is 0 Å². The second-order valence-corrected chi connectivity index (χ2v) is 21.5. The summed E-state index contributed by atoms with van der Waals surface area (Å²) in [5, 5.41) is 22.5. The van der Waals surface area contributed by atoms with Crippen molar-refractivity contribution in [2.75, 3.05) is 11.5 Å². The van der Waals surface area contributed by atoms with Crippen molar-refractivity contribution < 1.29 is 55.1 Å². The Morgan fingerprint density at radius 1 is 0.836 bits per heavy atom. The molecule has 4 aromatic carbocycles. The first kappa shape index (κ1) is 44.1. The van der Waals surface area contributed by atoms with Crippen molar-refractivity contribution in [2.45, 2.75) is 76.8 Å². The van der Waals surface area contributed by atoms with E-state index in [1.54, 1.807) is 24.3 Å². The first-order chi connectivity index (χ1) is 28.7. The number of carbonyl (C=O) groups excluding carboxylic acids is 2. The lowest BCUT2D eigenvalue weighted by molar-refractivity contribution is -0.143. The molecule has 0 unspecified atom stereocenters. The van der Waals surface area contributed by atoms with Gasteiger partial charge in [-0.05, 0) is 101 Å². The van der Waals surface area contributed by atoms with Crippen LogP contribution in [0.25, 0.3) is 6.08 Å². The smallest absolute Gasteiger partial charge is 0.455 e. The summed E-state index contributed by atoms with van der Waals surface area (Å²) in [6.07, 6.45) is -8.66. The van der Waals surface area contributed by atoms with E-state index >= 15 is 0 Å². The standard InChI is InChI=1S/C46H46BF6NO6Si/c1-28(21-29-16-18-34(55)19-17-29)15-20-39-40-30(27-59-61(44(2,3)4,35-11-7-5-8-12-35)36-13-9-6-10-14-36)22-37-41(38(40)26-47(58)60-39)43(57)54(42(37)56)33-24-31(45(48,49)50)23-32(25-33)46(51,52)53/h5-14,16-19,21,23-25,37-39,41,55,58H,15,20,22,26-27H2,1-4H3/b28-21+/t37-,38+,39-,41-/m1/s1. The van der Waals surface area contributed by atoms with E-state index in [1.165, 1.54) is 0 Å². The highest BCUT2D eigenvalue weighted by molar-refractivity contribution is 6.99. The highest BCUT2D eigenvalue weighted by Crippen LogP contribution is 2.52. The molecule has 2 heterocycles. The molecule has 1 aliphatic carbocycles. The summed E-state index contributed by atoms with van der Waals surface area (Å²) < 4.78 is 97.7. The van der Waals surface area contributed by atoms with Gasteiger partial charge in [-0.15, -0.1) is 0 Å². The van der Waals surface area contributed by atoms with Crippen LogP contribution in [0.4, 0.5) is 32.0 Å². The number of rotatable bonds is 10. The summed E-state index contributed by atoms with van der Waals surface area (Å²) in [4.78, 5) is 29.4. The first-order valence-electron chi connectivity index (χ1n) is 20.1. The number of hydrogen-bond acceptors (Lipinski definition) is 6. The zero-order valence-corrected chi connectivity index (χ0v) is 35.1. The van der Waals surface area contributed by atoms with Crippen LogP contribution < -0.4 is 15.3 Å². The highest BCUT2D eigenvalue weighted by atomic mass is 28.4. The van der Waals surface area contributed by atoms with E-state index < -0.39 is 85.3 Å². The van der Waals surface area contributed by atoms with Crippen LogP contribution in [0.1, 0.15) is 63.6 Å². The monoisotopic (exact) mass is 861 g/mol. The van der Waals surface area contributed by atoms with E-state index in [0.29, 0.717) is 41.0 Å². The van der Waals surface area contributed by atoms with Gasteiger partial charge in [0.15, 0.2) is 0 Å². The number of amides is 2. The minimum Gasteiger partial charge on any atom is -0.508 e. The molecule has 2 amide bonds. The Labute approximate surface area is 352 Å². The van der Waals surface area contributed by atoms with Crippen LogP contribution >= 0.6 is 0 Å². The zero-order valence-electron chi connectivity index (χ0n) is 34.1. The molecular formula is C46H46BF6NO6Si. The predicted molar refractivity (Wildman–Crippen MR) is 223 cm³/mol. The average Bonchev–Trinajstić information content (AvgIpc) is 3.45. The molecule has 0 aromatic heterocycles. The molecule has 61 heavy (non-hydrogen) atoms. The van der Waals surface area contributed by atoms with Gasteiger partial charge >= 0.3 is 19.5 Å². The van der Waals surface area contributed by atoms with Crippen molar-refractivity contribution in [3.8, 4) is 5.75 Å². The molecule has 0 radical (unpaired) electrons. The third-order valence-electron chi connectivity index (χ3n) is 12.1. The zero-order chi connectivity index (χ0) is 44.1. The maximum Gasteiger partial charge on any atom is 0.455 e. The number of fused-ring (bicyclic) bond motifs is 3. The molecule has 2 aliphatic heterocycles. The van der Waals surface area contributed by atoms with Crippen LogP contribution in [0.15, 0.2) is 120 Å². The number of benzene rings is 4. The number of hydrogen-bond donors (Lipinski definition) is 2. The second-order valence-electron chi connectivity index (χ2n) is 17.2. The minimum absolute atomic E-state index is 0.0239. The fourth-order valence-corrected chi connectivity index (χ4v) is 14.0. The van der Waals surface area contributed by atoms with Crippen molar-refractivity contribution in [3.63, 3.8) is 0 Å². The van der Waals surface area contributed by atoms with Crippen molar-refractivity contribution in [2.24, 2.45) is 17.8 Å². The number of alkyl halides is 6. The summed E-state index contributed by atoms with van der Waals surface area (Å²) in [5.41, 5.74) is -1.06. The Morgan fingerprint density at radius 2 is 1.39 bits per heavy atom. The molecular weight excluding hydrogens is 815 g/mol. The first-order valence-corrected chi connectivity index (χ1v) is 22.0. The number of anilines is 1. The van der Waals surface area contributed by atoms with Crippen LogP contribution in [0.2, 0.25) is 11.4 Å². The molecule has 2 saturated heterocycles. The minimum atomic E-state index is -5.21. The molecule has 7 nitrogen and oxygen atoms in total. The molecule has 4 aromatic rings. The number of imide groups is 1. The van der Waals surface area contributed by atoms with E-state index in [2.05, 4.69) is 20.8 Å². The van der Waals surface area contributed by atoms with Gasteiger partial charge < -0.3 is 19.2 Å². The lowest BCUT2D eigenvalue weighted by Crippen LogP contribution is -2.66. The SMILES string of the molecule is C/C(=C\c1ccc(O)cc1)CC[C@H]1OB(O)C[C@H]2C1=C(CO[Si](c1ccccc1)(c1ccccc1)C(C)(C)C)C[C@H]1C(=O)N(c3cc(C(F)(F)F)cc(C(F)(F)F)c3)C(=O)[C@H]12. The Bertz CT molecular complexity index is 2260. The second kappa shape index (κ2) is 16.7. The number of phenols is 1. The Morgan fingerprint density at radius 3 is 1.92 bits per heavy atom. The molecule has 320 valence electrons. The quantitative estimate of drug-likeness (QED) is 0.0715. The Kier molecular flexibility index (Phi) is 12.1. The van der Waals surface area contributed by atoms with Gasteiger partial charge in [0.05, 0.1) is 41.4 Å². The third kappa shape index (κ3) is 8.75. The van der Waals surface area contributed by atoms with E-state index in [4.69, 9.17) is 9.08 Å². The van der Waals surface area contributed by atoms with E-state index in [-0.39, 0.29) is 31.2 Å². The molecule has 2 fully saturated rings. The van der Waals surface area contributed by atoms with Gasteiger partial charge in [-0.1, -0.05) is 105 Å². The summed E-state index contributed by atoms with van der Waals surface area (Å²) in [6.45, 7) is 8.20. The van der Waals surface area contributed by atoms with E-state index in [1.807, 2.05) is 73.7 Å². The summed E-state index contributed by atoms with van der Waals surface area (Å²) in [5.74, 6) is -4.94. The number of carbonyl (C=O) groups is 2. The maximum atomic E-state index is 14.5. The van der Waals surface area contributed by atoms with Crippen molar-refractivity contribution in [1.82, 2.24) is 0 Å². The van der Waals surface area contributed by atoms with Gasteiger partial charge in [0.2, 0.25) is 11.8 Å². The van der Waals surface area contributed by atoms with Gasteiger partial charge in [0.25, 0.3) is 8.32 Å². The average molecular weight is 862 g/mol. The van der Waals surface area contributed by atoms with Crippen LogP contribution in [-0.4, -0.2) is 50.1 Å². The normalized spacial score (nSPS) is 21.5. The molecule has 3 aliphatic rings. The van der Waals surface area contributed by atoms with Gasteiger partial charge in [-0.25, -0.2) is 4.90 Å². The number of allylic oxidation sites excluding steroid dienone is 1. The highest BCUT2D eigenvalue weighted by Gasteiger charge is 2.59.